The molecule has 0 unspecified atom stereocenters. The maximum Gasteiger partial charge on any atom is 3.00 e. The van der Waals surface area contributed by atoms with Crippen LogP contribution in [-0.4, -0.2) is 6.16 Å². The number of halogens is 1. The molecule has 0 spiro atoms. The summed E-state index contributed by atoms with van der Waals surface area (Å²) in [7, 11) is 0. The van der Waals surface area contributed by atoms with Crippen LogP contribution in [0.15, 0.2) is 0 Å². The fraction of sp³-hybridized carbons (Fsp3) is 0. The first-order chi connectivity index (χ1) is 1.73. The van der Waals surface area contributed by atoms with Gasteiger partial charge in [-0.3, -0.25) is 0 Å². The minimum Gasteiger partial charge on any atom is -1.00 e. The van der Waals surface area contributed by atoms with Crippen LogP contribution in [0.25, 0.3) is 0 Å². The zero-order chi connectivity index (χ0) is 3.58. The van der Waals surface area contributed by atoms with Gasteiger partial charge in [0.2, 0.25) is 0 Å². The normalized spacial score (nSPS) is 3.43. The van der Waals surface area contributed by atoms with Gasteiger partial charge in [0.05, 0.1) is 0 Å². The average Bonchev–Trinajstić information content (AvgIpc) is 0.811. The van der Waals surface area contributed by atoms with Gasteiger partial charge in [0.1, 0.15) is 0 Å². The van der Waals surface area contributed by atoms with E-state index in [1.54, 1.807) is 0 Å². The van der Waals surface area contributed by atoms with E-state index in [4.69, 9.17) is 15.0 Å². The molecule has 0 amide bonds. The van der Waals surface area contributed by atoms with Gasteiger partial charge >= 0.3 is 41.7 Å². The Labute approximate surface area is 101 Å². The van der Waals surface area contributed by atoms with Crippen molar-refractivity contribution < 1.29 is 97.1 Å². The molecule has 0 rings (SSSR count). The van der Waals surface area contributed by atoms with Crippen molar-refractivity contribution in [2.45, 2.75) is 0 Å². The van der Waals surface area contributed by atoms with Crippen molar-refractivity contribution in [2.75, 3.05) is 0 Å². The third-order valence-corrected chi connectivity index (χ3v) is 0. The minimum atomic E-state index is -2.33. The van der Waals surface area contributed by atoms with Crippen molar-refractivity contribution in [3.05, 3.63) is 0 Å². The predicted octanol–water partition coefficient (Wildman–Crippen LogP) is -5.44. The van der Waals surface area contributed by atoms with E-state index in [0.717, 1.165) is 0 Å². The number of carbonyl (C=O) groups is 1. The molecule has 0 bridgehead atoms. The van der Waals surface area contributed by atoms with Gasteiger partial charge in [0.15, 0.2) is 0 Å². The second-order valence-electron chi connectivity index (χ2n) is 0.250. The van der Waals surface area contributed by atoms with Gasteiger partial charge in [-0.2, -0.15) is 0 Å². The molecule has 0 N–H and O–H groups in total. The summed E-state index contributed by atoms with van der Waals surface area (Å²) in [5.41, 5.74) is 0. The zero-order valence-corrected chi connectivity index (χ0v) is 9.95. The Morgan fingerprint density at radius 3 is 1.29 bits per heavy atom. The fourth-order valence-electron chi connectivity index (χ4n) is 0. The maximum atomic E-state index is 8.33. The number of hydrogen-bond acceptors (Lipinski definition) is 3. The van der Waals surface area contributed by atoms with E-state index in [-0.39, 0.29) is 82.1 Å². The van der Waals surface area contributed by atoms with Crippen LogP contribution in [0.3, 0.4) is 0 Å². The van der Waals surface area contributed by atoms with E-state index in [0.29, 0.717) is 0 Å². The molecule has 0 aromatic rings. The zero-order valence-electron chi connectivity index (χ0n) is 3.18. The number of hydrogen-bond donors (Lipinski definition) is 0. The Balaban J connectivity index is -0.0000000150. The Morgan fingerprint density at radius 1 is 1.29 bits per heavy atom. The molecular formula is CCeFLaO3. The first kappa shape index (κ1) is 23.3. The molecule has 0 aliphatic heterocycles. The fourth-order valence-corrected chi connectivity index (χ4v) is 0. The van der Waals surface area contributed by atoms with Crippen LogP contribution < -0.4 is 14.9 Å². The average molecular weight is 358 g/mol. The second-order valence-corrected chi connectivity index (χ2v) is 0.250. The van der Waals surface area contributed by atoms with Gasteiger partial charge in [-0.25, -0.2) is 0 Å². The van der Waals surface area contributed by atoms with Crippen LogP contribution in [0, 0.1) is 77.3 Å². The third kappa shape index (κ3) is 82.5. The largest absolute Gasteiger partial charge is 3.00 e. The summed E-state index contributed by atoms with van der Waals surface area (Å²) in [5, 5.41) is 16.7. The van der Waals surface area contributed by atoms with Crippen molar-refractivity contribution in [3.63, 3.8) is 0 Å². The molecule has 0 heterocycles. The van der Waals surface area contributed by atoms with Crippen LogP contribution in [-0.2, 0) is 0 Å². The van der Waals surface area contributed by atoms with Gasteiger partial charge in [-0.05, 0) is 6.16 Å². The van der Waals surface area contributed by atoms with Crippen molar-refractivity contribution >= 4 is 6.16 Å². The van der Waals surface area contributed by atoms with Crippen LogP contribution >= 0.6 is 0 Å². The van der Waals surface area contributed by atoms with E-state index in [2.05, 4.69) is 0 Å². The Hall–Kier alpha value is 1.77. The second kappa shape index (κ2) is 15.7. The molecule has 0 fully saturated rings. The standard InChI is InChI=1S/CH2O3.Ce.FH.La/c2-1(3)4;;;/h(H2,2,3,4);;1H;/q;+3;;/p-3. The Kier molecular flexibility index (Phi) is 52.0. The van der Waals surface area contributed by atoms with Crippen LogP contribution in [0.1, 0.15) is 0 Å². The predicted molar refractivity (Wildman–Crippen MR) is 5.40 cm³/mol. The van der Waals surface area contributed by atoms with Gasteiger partial charge in [0.25, 0.3) is 0 Å². The van der Waals surface area contributed by atoms with E-state index in [9.17, 15) is 0 Å². The smallest absolute Gasteiger partial charge is 1.00 e. The van der Waals surface area contributed by atoms with E-state index < -0.39 is 6.16 Å². The molecular weight excluding hydrogens is 358 g/mol. The van der Waals surface area contributed by atoms with E-state index in [1.807, 2.05) is 0 Å². The van der Waals surface area contributed by atoms with Crippen molar-refractivity contribution in [3.8, 4) is 0 Å². The van der Waals surface area contributed by atoms with Crippen molar-refractivity contribution in [1.29, 1.82) is 0 Å². The quantitative estimate of drug-likeness (QED) is 0.434. The SMILES string of the molecule is O=C([O-])[O-].[Ce+3].[F-].[La]. The molecule has 0 aromatic carbocycles. The van der Waals surface area contributed by atoms with Gasteiger partial charge in [-0.15, -0.1) is 0 Å². The molecule has 0 saturated heterocycles. The molecule has 0 saturated carbocycles. The first-order valence-corrected chi connectivity index (χ1v) is 0.612. The van der Waals surface area contributed by atoms with Crippen LogP contribution in [0.4, 0.5) is 4.79 Å². The number of rotatable bonds is 0. The van der Waals surface area contributed by atoms with Crippen LogP contribution in [0.2, 0.25) is 0 Å². The molecule has 3 nitrogen and oxygen atoms in total. The Bertz CT molecular complexity index is 37.9. The molecule has 0 aliphatic rings. The minimum absolute atomic E-state index is 0. The molecule has 0 aromatic heterocycles. The monoisotopic (exact) mass is 358 g/mol. The molecule has 36 valence electrons. The summed E-state index contributed by atoms with van der Waals surface area (Å²) in [4.78, 5) is 8.33. The first-order valence-electron chi connectivity index (χ1n) is 0.612. The van der Waals surface area contributed by atoms with Crippen LogP contribution in [0.5, 0.6) is 0 Å². The summed E-state index contributed by atoms with van der Waals surface area (Å²) < 4.78 is 0. The third-order valence-electron chi connectivity index (χ3n) is 0. The molecule has 2 radical (unpaired) electrons. The summed E-state index contributed by atoms with van der Waals surface area (Å²) in [5.74, 6) is 0. The van der Waals surface area contributed by atoms with Gasteiger partial charge in [0, 0.05) is 35.6 Å². The summed E-state index contributed by atoms with van der Waals surface area (Å²) in [6.07, 6.45) is -2.33. The van der Waals surface area contributed by atoms with Gasteiger partial charge in [-0.1, -0.05) is 0 Å². The summed E-state index contributed by atoms with van der Waals surface area (Å²) in [6, 6.07) is 0. The topological polar surface area (TPSA) is 63.2 Å². The number of carbonyl (C=O) groups excluding carboxylic acids is 1. The summed E-state index contributed by atoms with van der Waals surface area (Å²) in [6.45, 7) is 0. The van der Waals surface area contributed by atoms with E-state index in [1.165, 1.54) is 0 Å². The van der Waals surface area contributed by atoms with E-state index >= 15 is 0 Å². The number of carboxylic acid groups (broad SMARTS) is 2. The van der Waals surface area contributed by atoms with Crippen molar-refractivity contribution in [1.82, 2.24) is 0 Å². The molecule has 0 aliphatic carbocycles. The Morgan fingerprint density at radius 2 is 1.29 bits per heavy atom. The molecule has 7 heavy (non-hydrogen) atoms. The van der Waals surface area contributed by atoms with Crippen molar-refractivity contribution in [2.24, 2.45) is 0 Å². The molecule has 6 heteroatoms. The van der Waals surface area contributed by atoms with Gasteiger partial charge < -0.3 is 19.7 Å². The summed E-state index contributed by atoms with van der Waals surface area (Å²) >= 11 is 0. The maximum absolute atomic E-state index is 8.33. The molecule has 0 atom stereocenters.